The Bertz CT molecular complexity index is 1170. The maximum Gasteiger partial charge on any atom is 0.258 e. The molecule has 2 aliphatic rings. The van der Waals surface area contributed by atoms with Crippen molar-refractivity contribution in [1.29, 1.82) is 0 Å². The van der Waals surface area contributed by atoms with Crippen molar-refractivity contribution in [3.8, 4) is 28.3 Å². The van der Waals surface area contributed by atoms with Crippen LogP contribution in [-0.2, 0) is 15.8 Å². The molecule has 8 nitrogen and oxygen atoms in total. The molecule has 3 aromatic heterocycles. The van der Waals surface area contributed by atoms with E-state index in [0.29, 0.717) is 11.8 Å². The lowest BCUT2D eigenvalue weighted by atomic mass is 10.1. The average molecular weight is 407 g/mol. The maximum absolute atomic E-state index is 11.9. The van der Waals surface area contributed by atoms with Crippen molar-refractivity contribution in [3.05, 3.63) is 54.6 Å². The summed E-state index contributed by atoms with van der Waals surface area (Å²) in [5.41, 5.74) is 4.30. The Hall–Kier alpha value is -3.33. The number of nitrogens with one attached hydrogen (secondary N) is 1. The van der Waals surface area contributed by atoms with Gasteiger partial charge >= 0.3 is 0 Å². The van der Waals surface area contributed by atoms with E-state index in [0.717, 1.165) is 28.1 Å². The molecular formula is C20H17N5O3S. The summed E-state index contributed by atoms with van der Waals surface area (Å²) in [6.45, 7) is 0. The van der Waals surface area contributed by atoms with E-state index in [4.69, 9.17) is 4.74 Å². The van der Waals surface area contributed by atoms with Gasteiger partial charge in [0.1, 0.15) is 0 Å². The molecular weight excluding hydrogens is 390 g/mol. The van der Waals surface area contributed by atoms with E-state index in [1.165, 1.54) is 23.6 Å². The van der Waals surface area contributed by atoms with Crippen molar-refractivity contribution >= 4 is 21.9 Å². The van der Waals surface area contributed by atoms with Crippen molar-refractivity contribution in [3.63, 3.8) is 0 Å². The summed E-state index contributed by atoms with van der Waals surface area (Å²) in [4.78, 5) is 20.6. The van der Waals surface area contributed by atoms with Crippen LogP contribution in [0.3, 0.4) is 0 Å². The van der Waals surface area contributed by atoms with E-state index in [1.54, 1.807) is 19.5 Å². The topological polar surface area (TPSA) is 99.0 Å². The van der Waals surface area contributed by atoms with Crippen molar-refractivity contribution in [2.75, 3.05) is 7.11 Å². The molecule has 5 rings (SSSR count). The molecule has 146 valence electrons. The first kappa shape index (κ1) is 17.7. The number of methoxy groups -OCH3 is 1. The van der Waals surface area contributed by atoms with Crippen LogP contribution in [-0.4, -0.2) is 37.0 Å². The molecule has 4 heterocycles. The summed E-state index contributed by atoms with van der Waals surface area (Å²) in [7, 11) is -0.0522. The molecule has 1 fully saturated rings. The molecule has 1 amide bonds. The first-order valence-corrected chi connectivity index (χ1v) is 10.3. The number of rotatable bonds is 5. The number of nitrogens with zero attached hydrogens (tertiary/aromatic N) is 4. The van der Waals surface area contributed by atoms with Crippen molar-refractivity contribution < 1.29 is 13.7 Å². The van der Waals surface area contributed by atoms with E-state index in [2.05, 4.69) is 25.9 Å². The Balaban J connectivity index is 1.46. The molecule has 1 N–H and O–H groups in total. The fraction of sp³-hybridized carbons (Fsp3) is 0.200. The third-order valence-corrected chi connectivity index (χ3v) is 5.96. The maximum atomic E-state index is 11.9. The fourth-order valence-electron chi connectivity index (χ4n) is 3.23. The minimum absolute atomic E-state index is 0.284. The van der Waals surface area contributed by atoms with Gasteiger partial charge in [0.25, 0.3) is 5.91 Å². The first-order chi connectivity index (χ1) is 14.1. The molecule has 0 radical (unpaired) electrons. The second kappa shape index (κ2) is 6.93. The highest BCUT2D eigenvalue weighted by molar-refractivity contribution is 7.93. The zero-order chi connectivity index (χ0) is 20.0. The standard InChI is InChI=1S/C20H17N5O3S/c1-28-20-15(14-10-22-25(11-14)19-8-18(26)24-29(19)27)5-7-17(23-20)13-4-6-16(21-9-13)12-2-3-12/h4-12H,2-3H2,1H3,(H,24,26). The Morgan fingerprint density at radius 1 is 1.17 bits per heavy atom. The molecule has 3 aromatic rings. The van der Waals surface area contributed by atoms with Gasteiger partial charge in [-0.25, -0.2) is 13.9 Å². The summed E-state index contributed by atoms with van der Waals surface area (Å²) < 4.78 is 21.2. The molecule has 0 aromatic carbocycles. The predicted octanol–water partition coefficient (Wildman–Crippen LogP) is 2.48. The Labute approximate surface area is 169 Å². The molecule has 0 saturated heterocycles. The van der Waals surface area contributed by atoms with Crippen molar-refractivity contribution in [2.24, 2.45) is 0 Å². The number of amides is 1. The van der Waals surface area contributed by atoms with E-state index < -0.39 is 16.9 Å². The van der Waals surface area contributed by atoms with E-state index in [9.17, 15) is 9.00 Å². The summed E-state index contributed by atoms with van der Waals surface area (Å²) >= 11 is 0. The third kappa shape index (κ3) is 3.33. The Morgan fingerprint density at radius 2 is 2.03 bits per heavy atom. The molecule has 1 atom stereocenters. The van der Waals surface area contributed by atoms with Gasteiger partial charge in [0.05, 0.1) is 19.0 Å². The van der Waals surface area contributed by atoms with E-state index >= 15 is 0 Å². The molecule has 1 saturated carbocycles. The van der Waals surface area contributed by atoms with Crippen LogP contribution in [0.5, 0.6) is 5.88 Å². The summed E-state index contributed by atoms with van der Waals surface area (Å²) in [5.74, 6) is 0.657. The van der Waals surface area contributed by atoms with Gasteiger partial charge in [-0.3, -0.25) is 14.5 Å². The van der Waals surface area contributed by atoms with Crippen LogP contribution in [0.1, 0.15) is 24.5 Å². The van der Waals surface area contributed by atoms with Gasteiger partial charge in [-0.05, 0) is 37.1 Å². The number of aromatic nitrogens is 4. The second-order valence-corrected chi connectivity index (χ2v) is 8.05. The lowest BCUT2D eigenvalue weighted by Crippen LogP contribution is -2.17. The smallest absolute Gasteiger partial charge is 0.258 e. The van der Waals surface area contributed by atoms with Gasteiger partial charge in [0, 0.05) is 46.8 Å². The van der Waals surface area contributed by atoms with Crippen LogP contribution < -0.4 is 9.46 Å². The zero-order valence-corrected chi connectivity index (χ0v) is 16.3. The number of carbonyl (C=O) groups excluding carboxylic acids is 1. The second-order valence-electron chi connectivity index (χ2n) is 6.89. The number of hydrogen-bond donors (Lipinski definition) is 1. The van der Waals surface area contributed by atoms with Gasteiger partial charge in [0.2, 0.25) is 5.88 Å². The van der Waals surface area contributed by atoms with Crippen LogP contribution in [0, 0.1) is 0 Å². The molecule has 0 bridgehead atoms. The fourth-order valence-corrected chi connectivity index (χ4v) is 4.06. The molecule has 1 unspecified atom stereocenters. The predicted molar refractivity (Wildman–Crippen MR) is 108 cm³/mol. The van der Waals surface area contributed by atoms with E-state index in [1.807, 2.05) is 24.4 Å². The minimum Gasteiger partial charge on any atom is -0.481 e. The number of hydrogen-bond acceptors (Lipinski definition) is 6. The van der Waals surface area contributed by atoms with Crippen LogP contribution in [0.15, 0.2) is 48.9 Å². The SMILES string of the molecule is COc1nc(-c2ccc(C3CC3)nc2)ccc1-c1cnn(C2=CC(=O)NS2=O)c1. The summed E-state index contributed by atoms with van der Waals surface area (Å²) in [6, 6.07) is 7.90. The highest BCUT2D eigenvalue weighted by atomic mass is 32.2. The molecule has 9 heteroatoms. The Morgan fingerprint density at radius 3 is 2.69 bits per heavy atom. The lowest BCUT2D eigenvalue weighted by Gasteiger charge is -2.09. The van der Waals surface area contributed by atoms with Crippen LogP contribution in [0.2, 0.25) is 0 Å². The quantitative estimate of drug-likeness (QED) is 0.698. The number of ether oxygens (including phenoxy) is 1. The summed E-state index contributed by atoms with van der Waals surface area (Å²) in [6.07, 6.45) is 8.86. The lowest BCUT2D eigenvalue weighted by molar-refractivity contribution is -0.114. The normalized spacial score (nSPS) is 18.4. The van der Waals surface area contributed by atoms with Crippen molar-refractivity contribution in [1.82, 2.24) is 24.5 Å². The van der Waals surface area contributed by atoms with Crippen LogP contribution >= 0.6 is 0 Å². The van der Waals surface area contributed by atoms with Gasteiger partial charge < -0.3 is 4.74 Å². The number of pyridine rings is 2. The van der Waals surface area contributed by atoms with Crippen molar-refractivity contribution in [2.45, 2.75) is 18.8 Å². The average Bonchev–Trinajstić information content (AvgIpc) is 3.38. The molecule has 1 aliphatic heterocycles. The van der Waals surface area contributed by atoms with Gasteiger partial charge in [-0.1, -0.05) is 0 Å². The zero-order valence-electron chi connectivity index (χ0n) is 15.5. The Kier molecular flexibility index (Phi) is 4.24. The van der Waals surface area contributed by atoms with Gasteiger partial charge in [-0.2, -0.15) is 5.10 Å². The molecule has 1 aliphatic carbocycles. The largest absolute Gasteiger partial charge is 0.481 e. The van der Waals surface area contributed by atoms with Crippen LogP contribution in [0.25, 0.3) is 27.4 Å². The van der Waals surface area contributed by atoms with Gasteiger partial charge in [0.15, 0.2) is 16.0 Å². The number of carbonyl (C=O) groups is 1. The molecule has 29 heavy (non-hydrogen) atoms. The monoisotopic (exact) mass is 407 g/mol. The molecule has 0 spiro atoms. The minimum atomic E-state index is -1.61. The highest BCUT2D eigenvalue weighted by Crippen LogP contribution is 2.39. The van der Waals surface area contributed by atoms with Crippen LogP contribution in [0.4, 0.5) is 0 Å². The third-order valence-electron chi connectivity index (χ3n) is 4.89. The van der Waals surface area contributed by atoms with Gasteiger partial charge in [-0.15, -0.1) is 0 Å². The summed E-state index contributed by atoms with van der Waals surface area (Å²) in [5, 5.41) is 4.50. The highest BCUT2D eigenvalue weighted by Gasteiger charge is 2.25. The first-order valence-electron chi connectivity index (χ1n) is 9.13. The van der Waals surface area contributed by atoms with E-state index in [-0.39, 0.29) is 5.03 Å².